The van der Waals surface area contributed by atoms with Crippen LogP contribution in [0.4, 0.5) is 0 Å². The third kappa shape index (κ3) is 4.59. The first-order valence-electron chi connectivity index (χ1n) is 9.02. The maximum absolute atomic E-state index is 12.8. The Labute approximate surface area is 157 Å². The normalized spacial score (nSPS) is 14.8. The van der Waals surface area contributed by atoms with Crippen LogP contribution in [-0.2, 0) is 4.79 Å². The summed E-state index contributed by atoms with van der Waals surface area (Å²) in [5.41, 5.74) is 0.559. The predicted molar refractivity (Wildman–Crippen MR) is 101 cm³/mol. The van der Waals surface area contributed by atoms with E-state index in [1.54, 1.807) is 17.0 Å². The van der Waals surface area contributed by atoms with E-state index < -0.39 is 0 Å². The van der Waals surface area contributed by atoms with Crippen LogP contribution in [0.15, 0.2) is 47.3 Å². The number of amides is 2. The summed E-state index contributed by atoms with van der Waals surface area (Å²) < 4.78 is 1.23. The molecule has 8 nitrogen and oxygen atoms in total. The Morgan fingerprint density at radius 3 is 2.41 bits per heavy atom. The third-order valence-electron chi connectivity index (χ3n) is 4.42. The minimum Gasteiger partial charge on any atom is -0.355 e. The topological polar surface area (TPSA) is 87.5 Å². The highest BCUT2D eigenvalue weighted by atomic mass is 16.2. The smallest absolute Gasteiger partial charge is 0.274 e. The Balaban J connectivity index is 1.67. The summed E-state index contributed by atoms with van der Waals surface area (Å²) in [6.07, 6.45) is 0. The van der Waals surface area contributed by atoms with E-state index in [4.69, 9.17) is 0 Å². The van der Waals surface area contributed by atoms with Crippen LogP contribution < -0.4 is 10.9 Å². The van der Waals surface area contributed by atoms with Gasteiger partial charge in [-0.2, -0.15) is 9.78 Å². The molecule has 1 N–H and O–H groups in total. The van der Waals surface area contributed by atoms with Gasteiger partial charge in [0.05, 0.1) is 12.2 Å². The van der Waals surface area contributed by atoms with Gasteiger partial charge in [0.25, 0.3) is 11.5 Å². The molecule has 0 atom stereocenters. The lowest BCUT2D eigenvalue weighted by Gasteiger charge is -2.34. The van der Waals surface area contributed by atoms with Crippen molar-refractivity contribution in [3.63, 3.8) is 0 Å². The molecule has 142 valence electrons. The van der Waals surface area contributed by atoms with Crippen LogP contribution in [0.3, 0.4) is 0 Å². The molecule has 0 radical (unpaired) electrons. The van der Waals surface area contributed by atoms with E-state index in [1.807, 2.05) is 30.0 Å². The first kappa shape index (κ1) is 18.8. The zero-order valence-electron chi connectivity index (χ0n) is 15.3. The summed E-state index contributed by atoms with van der Waals surface area (Å²) in [6.45, 7) is 5.13. The van der Waals surface area contributed by atoms with E-state index in [2.05, 4.69) is 10.4 Å². The van der Waals surface area contributed by atoms with E-state index in [0.717, 1.165) is 0 Å². The van der Waals surface area contributed by atoms with Crippen molar-refractivity contribution in [1.29, 1.82) is 0 Å². The molecule has 0 saturated carbocycles. The minimum atomic E-state index is -0.287. The van der Waals surface area contributed by atoms with E-state index in [0.29, 0.717) is 45.0 Å². The van der Waals surface area contributed by atoms with Gasteiger partial charge in [0.15, 0.2) is 0 Å². The van der Waals surface area contributed by atoms with E-state index >= 15 is 0 Å². The van der Waals surface area contributed by atoms with Crippen molar-refractivity contribution in [1.82, 2.24) is 24.9 Å². The van der Waals surface area contributed by atoms with Crippen LogP contribution in [0.2, 0.25) is 0 Å². The second kappa shape index (κ2) is 8.59. The molecule has 1 aliphatic heterocycles. The van der Waals surface area contributed by atoms with Crippen molar-refractivity contribution in [2.75, 3.05) is 39.3 Å². The number of aromatic nitrogens is 2. The largest absolute Gasteiger partial charge is 0.355 e. The van der Waals surface area contributed by atoms with E-state index in [1.165, 1.54) is 16.8 Å². The fourth-order valence-electron chi connectivity index (χ4n) is 3.01. The van der Waals surface area contributed by atoms with Gasteiger partial charge < -0.3 is 10.2 Å². The molecule has 1 aromatic carbocycles. The van der Waals surface area contributed by atoms with Gasteiger partial charge in [-0.15, -0.1) is 0 Å². The van der Waals surface area contributed by atoms with E-state index in [-0.39, 0.29) is 23.1 Å². The standard InChI is InChI=1S/C19H23N5O3/c1-2-20-17(25)14-22-10-12-23(13-11-22)19(27)16-8-9-18(26)24(21-16)15-6-4-3-5-7-15/h3-9H,2,10-14H2,1H3,(H,20,25). The summed E-state index contributed by atoms with van der Waals surface area (Å²) in [4.78, 5) is 40.3. The quantitative estimate of drug-likeness (QED) is 0.809. The molecule has 0 aliphatic carbocycles. The average Bonchev–Trinajstić information content (AvgIpc) is 2.69. The zero-order valence-corrected chi connectivity index (χ0v) is 15.3. The molecule has 1 saturated heterocycles. The predicted octanol–water partition coefficient (Wildman–Crippen LogP) is 0.126. The van der Waals surface area contributed by atoms with Gasteiger partial charge in [-0.1, -0.05) is 18.2 Å². The number of para-hydroxylation sites is 1. The fourth-order valence-corrected chi connectivity index (χ4v) is 3.01. The number of carbonyl (C=O) groups excluding carboxylic acids is 2. The fraction of sp³-hybridized carbons (Fsp3) is 0.368. The minimum absolute atomic E-state index is 0.00567. The highest BCUT2D eigenvalue weighted by Gasteiger charge is 2.24. The second-order valence-corrected chi connectivity index (χ2v) is 6.33. The van der Waals surface area contributed by atoms with Crippen LogP contribution in [0.25, 0.3) is 5.69 Å². The molecule has 2 heterocycles. The number of piperazine rings is 1. The van der Waals surface area contributed by atoms with Gasteiger partial charge in [-0.3, -0.25) is 19.3 Å². The summed E-state index contributed by atoms with van der Waals surface area (Å²) in [5, 5.41) is 7.02. The van der Waals surface area contributed by atoms with Crippen molar-refractivity contribution in [2.45, 2.75) is 6.92 Å². The lowest BCUT2D eigenvalue weighted by Crippen LogP contribution is -2.51. The third-order valence-corrected chi connectivity index (χ3v) is 4.42. The zero-order chi connectivity index (χ0) is 19.2. The van der Waals surface area contributed by atoms with Crippen LogP contribution in [0.5, 0.6) is 0 Å². The Kier molecular flexibility index (Phi) is 5.97. The molecule has 1 aromatic heterocycles. The van der Waals surface area contributed by atoms with Gasteiger partial charge in [-0.25, -0.2) is 0 Å². The Bertz CT molecular complexity index is 857. The first-order chi connectivity index (χ1) is 13.1. The molecule has 1 aliphatic rings. The first-order valence-corrected chi connectivity index (χ1v) is 9.02. The SMILES string of the molecule is CCNC(=O)CN1CCN(C(=O)c2ccc(=O)n(-c3ccccc3)n2)CC1. The summed E-state index contributed by atoms with van der Waals surface area (Å²) >= 11 is 0. The molecule has 0 bridgehead atoms. The maximum Gasteiger partial charge on any atom is 0.274 e. The van der Waals surface area contributed by atoms with Gasteiger partial charge in [0.1, 0.15) is 5.69 Å². The van der Waals surface area contributed by atoms with Crippen molar-refractivity contribution >= 4 is 11.8 Å². The second-order valence-electron chi connectivity index (χ2n) is 6.33. The summed E-state index contributed by atoms with van der Waals surface area (Å²) in [6, 6.07) is 11.8. The number of likely N-dealkylation sites (N-methyl/N-ethyl adjacent to an activating group) is 1. The van der Waals surface area contributed by atoms with Crippen LogP contribution >= 0.6 is 0 Å². The van der Waals surface area contributed by atoms with Gasteiger partial charge in [0, 0.05) is 38.8 Å². The van der Waals surface area contributed by atoms with Crippen molar-refractivity contribution in [3.8, 4) is 5.69 Å². The van der Waals surface area contributed by atoms with Crippen LogP contribution in [-0.4, -0.2) is 70.7 Å². The number of nitrogens with one attached hydrogen (secondary N) is 1. The van der Waals surface area contributed by atoms with E-state index in [9.17, 15) is 14.4 Å². The lowest BCUT2D eigenvalue weighted by molar-refractivity contribution is -0.122. The Morgan fingerprint density at radius 1 is 1.04 bits per heavy atom. The number of rotatable bonds is 5. The molecule has 27 heavy (non-hydrogen) atoms. The number of nitrogens with zero attached hydrogens (tertiary/aromatic N) is 4. The monoisotopic (exact) mass is 369 g/mol. The molecule has 2 amide bonds. The lowest BCUT2D eigenvalue weighted by atomic mass is 10.2. The summed E-state index contributed by atoms with van der Waals surface area (Å²) in [7, 11) is 0. The number of carbonyl (C=O) groups is 2. The number of benzene rings is 1. The van der Waals surface area contributed by atoms with Crippen molar-refractivity contribution < 1.29 is 9.59 Å². The Morgan fingerprint density at radius 2 is 1.74 bits per heavy atom. The molecule has 0 spiro atoms. The van der Waals surface area contributed by atoms with Crippen molar-refractivity contribution in [3.05, 3.63) is 58.5 Å². The summed E-state index contributed by atoms with van der Waals surface area (Å²) in [5.74, 6) is -0.216. The maximum atomic E-state index is 12.8. The molecule has 8 heteroatoms. The molecule has 1 fully saturated rings. The average molecular weight is 369 g/mol. The Hall–Kier alpha value is -3.00. The van der Waals surface area contributed by atoms with Gasteiger partial charge in [-0.05, 0) is 25.1 Å². The number of hydrogen-bond donors (Lipinski definition) is 1. The molecule has 3 rings (SSSR count). The van der Waals surface area contributed by atoms with Gasteiger partial charge >= 0.3 is 0 Å². The molecular weight excluding hydrogens is 346 g/mol. The highest BCUT2D eigenvalue weighted by Crippen LogP contribution is 2.08. The molecule has 2 aromatic rings. The van der Waals surface area contributed by atoms with Crippen LogP contribution in [0.1, 0.15) is 17.4 Å². The molecule has 0 unspecified atom stereocenters. The van der Waals surface area contributed by atoms with Crippen LogP contribution in [0, 0.1) is 0 Å². The highest BCUT2D eigenvalue weighted by molar-refractivity contribution is 5.92. The molecular formula is C19H23N5O3. The van der Waals surface area contributed by atoms with Crippen molar-refractivity contribution in [2.24, 2.45) is 0 Å². The van der Waals surface area contributed by atoms with Gasteiger partial charge in [0.2, 0.25) is 5.91 Å². The number of hydrogen-bond acceptors (Lipinski definition) is 5.